The summed E-state index contributed by atoms with van der Waals surface area (Å²) in [4.78, 5) is 12.8. The average Bonchev–Trinajstić information content (AvgIpc) is 3.07. The molecule has 0 radical (unpaired) electrons. The van der Waals surface area contributed by atoms with E-state index in [1.165, 1.54) is 24.8 Å². The zero-order chi connectivity index (χ0) is 16.5. The van der Waals surface area contributed by atoms with E-state index in [-0.39, 0.29) is 18.0 Å². The summed E-state index contributed by atoms with van der Waals surface area (Å²) < 4.78 is 0. The van der Waals surface area contributed by atoms with Crippen molar-refractivity contribution >= 4 is 5.91 Å². The number of nitrogens with one attached hydrogen (secondary N) is 3. The van der Waals surface area contributed by atoms with Crippen molar-refractivity contribution in [2.45, 2.75) is 62.7 Å². The van der Waals surface area contributed by atoms with Crippen LogP contribution in [-0.4, -0.2) is 24.0 Å². The lowest BCUT2D eigenvalue weighted by atomic mass is 9.67. The maximum absolute atomic E-state index is 12.8. The predicted molar refractivity (Wildman–Crippen MR) is 93.8 cm³/mol. The molecule has 24 heavy (non-hydrogen) atoms. The first-order valence-electron chi connectivity index (χ1n) is 9.32. The Hall–Kier alpha value is -1.43. The van der Waals surface area contributed by atoms with Gasteiger partial charge in [0.05, 0.1) is 0 Å². The molecule has 5 N–H and O–H groups in total. The van der Waals surface area contributed by atoms with E-state index in [1.807, 2.05) is 18.2 Å². The fraction of sp³-hybridized carbons (Fsp3) is 0.632. The highest BCUT2D eigenvalue weighted by Crippen LogP contribution is 2.39. The van der Waals surface area contributed by atoms with Gasteiger partial charge in [0.2, 0.25) is 5.91 Å². The molecule has 1 aromatic carbocycles. The van der Waals surface area contributed by atoms with E-state index < -0.39 is 0 Å². The molecule has 5 heteroatoms. The third-order valence-corrected chi connectivity index (χ3v) is 6.11. The molecule has 3 aliphatic rings. The van der Waals surface area contributed by atoms with Crippen LogP contribution in [0.2, 0.25) is 0 Å². The van der Waals surface area contributed by atoms with Crippen molar-refractivity contribution in [2.75, 3.05) is 0 Å². The third-order valence-electron chi connectivity index (χ3n) is 6.11. The molecule has 4 atom stereocenters. The molecule has 2 saturated carbocycles. The molecule has 1 aromatic rings. The Balaban J connectivity index is 1.37. The molecule has 1 heterocycles. The molecule has 1 amide bonds. The number of benzene rings is 1. The minimum absolute atomic E-state index is 0.137. The first kappa shape index (κ1) is 16.1. The number of carbonyl (C=O) groups is 1. The predicted octanol–water partition coefficient (Wildman–Crippen LogP) is 1.62. The summed E-state index contributed by atoms with van der Waals surface area (Å²) in [6.45, 7) is 0. The Labute approximate surface area is 143 Å². The number of nitrogens with two attached hydrogens (primary N) is 1. The molecule has 130 valence electrons. The monoisotopic (exact) mass is 328 g/mol. The van der Waals surface area contributed by atoms with Gasteiger partial charge in [0.15, 0.2) is 0 Å². The quantitative estimate of drug-likeness (QED) is 0.680. The van der Waals surface area contributed by atoms with Crippen LogP contribution in [0.5, 0.6) is 0 Å². The highest BCUT2D eigenvalue weighted by atomic mass is 16.2. The molecule has 2 bridgehead atoms. The SMILES string of the molecule is NC1CC2CCCC(C1)C2NC(=O)C1CC(c2ccccc2)NN1. The topological polar surface area (TPSA) is 79.2 Å². The van der Waals surface area contributed by atoms with Crippen LogP contribution in [0.15, 0.2) is 30.3 Å². The number of hydrogen-bond acceptors (Lipinski definition) is 4. The summed E-state index contributed by atoms with van der Waals surface area (Å²) >= 11 is 0. The lowest BCUT2D eigenvalue weighted by molar-refractivity contribution is -0.125. The van der Waals surface area contributed by atoms with Crippen LogP contribution < -0.4 is 21.9 Å². The summed E-state index contributed by atoms with van der Waals surface area (Å²) in [5.41, 5.74) is 13.9. The van der Waals surface area contributed by atoms with Gasteiger partial charge in [0.1, 0.15) is 6.04 Å². The molecule has 1 aliphatic heterocycles. The smallest absolute Gasteiger partial charge is 0.238 e. The van der Waals surface area contributed by atoms with Crippen LogP contribution in [0.3, 0.4) is 0 Å². The number of amides is 1. The highest BCUT2D eigenvalue weighted by Gasteiger charge is 2.41. The first-order valence-corrected chi connectivity index (χ1v) is 9.32. The normalized spacial score (nSPS) is 38.7. The average molecular weight is 328 g/mol. The Bertz CT molecular complexity index is 564. The van der Waals surface area contributed by atoms with Gasteiger partial charge in [-0.25, -0.2) is 10.9 Å². The maximum Gasteiger partial charge on any atom is 0.238 e. The van der Waals surface area contributed by atoms with Gasteiger partial charge >= 0.3 is 0 Å². The Morgan fingerprint density at radius 1 is 1.04 bits per heavy atom. The molecule has 3 fully saturated rings. The van der Waals surface area contributed by atoms with E-state index in [0.717, 1.165) is 19.3 Å². The number of hydrogen-bond donors (Lipinski definition) is 4. The van der Waals surface area contributed by atoms with E-state index in [9.17, 15) is 4.79 Å². The summed E-state index contributed by atoms with van der Waals surface area (Å²) in [5, 5.41) is 3.36. The Kier molecular flexibility index (Phi) is 4.57. The van der Waals surface area contributed by atoms with Crippen LogP contribution in [0, 0.1) is 11.8 Å². The van der Waals surface area contributed by atoms with Crippen molar-refractivity contribution in [2.24, 2.45) is 17.6 Å². The second-order valence-electron chi connectivity index (χ2n) is 7.76. The molecule has 0 aromatic heterocycles. The van der Waals surface area contributed by atoms with Crippen molar-refractivity contribution in [1.29, 1.82) is 0 Å². The maximum atomic E-state index is 12.8. The van der Waals surface area contributed by atoms with Gasteiger partial charge in [-0.3, -0.25) is 4.79 Å². The van der Waals surface area contributed by atoms with Crippen molar-refractivity contribution in [1.82, 2.24) is 16.2 Å². The number of fused-ring (bicyclic) bond motifs is 2. The van der Waals surface area contributed by atoms with Crippen LogP contribution in [0.1, 0.15) is 50.1 Å². The van der Waals surface area contributed by atoms with Crippen molar-refractivity contribution in [3.05, 3.63) is 35.9 Å². The summed E-state index contributed by atoms with van der Waals surface area (Å²) in [5.74, 6) is 1.27. The minimum Gasteiger partial charge on any atom is -0.351 e. The second-order valence-corrected chi connectivity index (χ2v) is 7.76. The van der Waals surface area contributed by atoms with Crippen LogP contribution in [0.25, 0.3) is 0 Å². The van der Waals surface area contributed by atoms with Crippen LogP contribution >= 0.6 is 0 Å². The van der Waals surface area contributed by atoms with Crippen molar-refractivity contribution in [3.63, 3.8) is 0 Å². The van der Waals surface area contributed by atoms with Gasteiger partial charge in [0, 0.05) is 18.1 Å². The fourth-order valence-corrected chi connectivity index (χ4v) is 4.92. The lowest BCUT2D eigenvalue weighted by Crippen LogP contribution is -2.56. The van der Waals surface area contributed by atoms with Crippen molar-refractivity contribution in [3.8, 4) is 0 Å². The minimum atomic E-state index is -0.161. The number of hydrazine groups is 1. The standard InChI is InChI=1S/C19H28N4O/c20-15-9-13-7-4-8-14(10-15)18(13)21-19(24)17-11-16(22-23-17)12-5-2-1-3-6-12/h1-3,5-6,13-18,22-23H,4,7-11,20H2,(H,21,24). The molecular formula is C19H28N4O. The van der Waals surface area contributed by atoms with Gasteiger partial charge in [-0.1, -0.05) is 36.8 Å². The Morgan fingerprint density at radius 2 is 1.75 bits per heavy atom. The molecule has 2 aliphatic carbocycles. The molecule has 4 unspecified atom stereocenters. The van der Waals surface area contributed by atoms with Gasteiger partial charge < -0.3 is 11.1 Å². The van der Waals surface area contributed by atoms with E-state index in [2.05, 4.69) is 28.3 Å². The molecule has 0 spiro atoms. The summed E-state index contributed by atoms with van der Waals surface area (Å²) in [7, 11) is 0. The van der Waals surface area contributed by atoms with E-state index >= 15 is 0 Å². The molecular weight excluding hydrogens is 300 g/mol. The van der Waals surface area contributed by atoms with Gasteiger partial charge in [-0.15, -0.1) is 0 Å². The summed E-state index contributed by atoms with van der Waals surface area (Å²) in [6.07, 6.45) is 6.61. The van der Waals surface area contributed by atoms with E-state index in [4.69, 9.17) is 5.73 Å². The molecule has 4 rings (SSSR count). The Morgan fingerprint density at radius 3 is 2.46 bits per heavy atom. The zero-order valence-electron chi connectivity index (χ0n) is 14.1. The molecule has 1 saturated heterocycles. The van der Waals surface area contributed by atoms with Gasteiger partial charge in [-0.05, 0) is 49.5 Å². The van der Waals surface area contributed by atoms with Gasteiger partial charge in [-0.2, -0.15) is 0 Å². The molecule has 5 nitrogen and oxygen atoms in total. The zero-order valence-corrected chi connectivity index (χ0v) is 14.1. The first-order chi connectivity index (χ1) is 11.7. The third kappa shape index (κ3) is 3.21. The van der Waals surface area contributed by atoms with Crippen molar-refractivity contribution < 1.29 is 4.79 Å². The summed E-state index contributed by atoms with van der Waals surface area (Å²) in [6, 6.07) is 11.0. The van der Waals surface area contributed by atoms with Crippen LogP contribution in [0.4, 0.5) is 0 Å². The fourth-order valence-electron chi connectivity index (χ4n) is 4.92. The number of carbonyl (C=O) groups excluding carboxylic acids is 1. The number of rotatable bonds is 3. The van der Waals surface area contributed by atoms with E-state index in [1.54, 1.807) is 0 Å². The van der Waals surface area contributed by atoms with Gasteiger partial charge in [0.25, 0.3) is 0 Å². The largest absolute Gasteiger partial charge is 0.351 e. The second kappa shape index (κ2) is 6.82. The lowest BCUT2D eigenvalue weighted by Gasteiger charge is -2.45. The van der Waals surface area contributed by atoms with Crippen LogP contribution in [-0.2, 0) is 4.79 Å². The highest BCUT2D eigenvalue weighted by molar-refractivity contribution is 5.82. The van der Waals surface area contributed by atoms with E-state index in [0.29, 0.717) is 23.9 Å².